The normalized spacial score (nSPS) is 11.2. The predicted octanol–water partition coefficient (Wildman–Crippen LogP) is 5.63. The van der Waals surface area contributed by atoms with Crippen molar-refractivity contribution in [2.45, 2.75) is 26.4 Å². The van der Waals surface area contributed by atoms with Gasteiger partial charge in [0.15, 0.2) is 5.75 Å². The van der Waals surface area contributed by atoms with Crippen molar-refractivity contribution in [3.63, 3.8) is 0 Å². The molecule has 11 heteroatoms. The molecule has 4 aromatic rings. The Morgan fingerprint density at radius 1 is 1.19 bits per heavy atom. The van der Waals surface area contributed by atoms with E-state index in [-0.39, 0.29) is 29.4 Å². The molecule has 0 atom stereocenters. The largest absolute Gasteiger partial charge is 0.493 e. The molecular weight excluding hydrogens is 547 g/mol. The fourth-order valence-corrected chi connectivity index (χ4v) is 4.04. The molecule has 1 heterocycles. The van der Waals surface area contributed by atoms with Crippen LogP contribution in [0.25, 0.3) is 10.9 Å². The van der Waals surface area contributed by atoms with Crippen LogP contribution in [0.15, 0.2) is 69.0 Å². The van der Waals surface area contributed by atoms with E-state index in [1.807, 2.05) is 13.0 Å². The highest BCUT2D eigenvalue weighted by molar-refractivity contribution is 9.10. The van der Waals surface area contributed by atoms with E-state index < -0.39 is 10.7 Å². The second-order valence-electron chi connectivity index (χ2n) is 8.04. The Morgan fingerprint density at radius 3 is 2.62 bits per heavy atom. The van der Waals surface area contributed by atoms with Crippen LogP contribution >= 0.6 is 15.9 Å². The molecule has 37 heavy (non-hydrogen) atoms. The number of fused-ring (bicyclic) bond motifs is 1. The Hall–Kier alpha value is -4.12. The molecule has 9 nitrogen and oxygen atoms in total. The maximum Gasteiger partial charge on any atom is 0.315 e. The molecule has 0 fully saturated rings. The summed E-state index contributed by atoms with van der Waals surface area (Å²) in [5.74, 6) is 0.111. The van der Waals surface area contributed by atoms with E-state index in [2.05, 4.69) is 26.0 Å². The zero-order valence-corrected chi connectivity index (χ0v) is 21.6. The minimum atomic E-state index is -0.594. The van der Waals surface area contributed by atoms with Crippen molar-refractivity contribution in [3.05, 3.63) is 102 Å². The Kier molecular flexibility index (Phi) is 7.92. The lowest BCUT2D eigenvalue weighted by Crippen LogP contribution is -2.22. The number of rotatable bonds is 9. The van der Waals surface area contributed by atoms with E-state index in [1.165, 1.54) is 54.4 Å². The molecular formula is C26H22BrFN4O5. The van der Waals surface area contributed by atoms with Gasteiger partial charge in [-0.2, -0.15) is 9.78 Å². The minimum Gasteiger partial charge on any atom is -0.493 e. The molecule has 0 amide bonds. The van der Waals surface area contributed by atoms with Crippen molar-refractivity contribution in [1.82, 2.24) is 9.66 Å². The summed E-state index contributed by atoms with van der Waals surface area (Å²) < 4.78 is 26.2. The topological polar surface area (TPSA) is 109 Å². The summed E-state index contributed by atoms with van der Waals surface area (Å²) in [6.07, 6.45) is 2.59. The van der Waals surface area contributed by atoms with Gasteiger partial charge in [-0.3, -0.25) is 14.9 Å². The highest BCUT2D eigenvalue weighted by Gasteiger charge is 2.22. The number of methoxy groups -OCH3 is 1. The highest BCUT2D eigenvalue weighted by Crippen LogP contribution is 2.38. The maximum absolute atomic E-state index is 13.2. The zero-order chi connectivity index (χ0) is 26.5. The van der Waals surface area contributed by atoms with Gasteiger partial charge in [0.2, 0.25) is 5.75 Å². The van der Waals surface area contributed by atoms with Crippen LogP contribution in [-0.2, 0) is 13.0 Å². The Balaban J connectivity index is 1.73. The lowest BCUT2D eigenvalue weighted by atomic mass is 10.1. The number of nitrogens with zero attached hydrogens (tertiary/aromatic N) is 4. The number of aryl methyl sites for hydroxylation is 1. The molecule has 0 aliphatic carbocycles. The van der Waals surface area contributed by atoms with E-state index >= 15 is 0 Å². The molecule has 0 aliphatic heterocycles. The van der Waals surface area contributed by atoms with Crippen molar-refractivity contribution < 1.29 is 18.8 Å². The predicted molar refractivity (Wildman–Crippen MR) is 141 cm³/mol. The first kappa shape index (κ1) is 26.0. The van der Waals surface area contributed by atoms with Gasteiger partial charge >= 0.3 is 5.69 Å². The van der Waals surface area contributed by atoms with E-state index in [9.17, 15) is 19.3 Å². The van der Waals surface area contributed by atoms with Crippen molar-refractivity contribution >= 4 is 38.7 Å². The molecule has 3 aromatic carbocycles. The average molecular weight is 569 g/mol. The summed E-state index contributed by atoms with van der Waals surface area (Å²) in [5.41, 5.74) is 0.808. The summed E-state index contributed by atoms with van der Waals surface area (Å²) in [4.78, 5) is 29.0. The first-order valence-electron chi connectivity index (χ1n) is 11.3. The van der Waals surface area contributed by atoms with Gasteiger partial charge in [-0.1, -0.05) is 35.0 Å². The van der Waals surface area contributed by atoms with Crippen molar-refractivity contribution in [2.75, 3.05) is 7.11 Å². The number of benzene rings is 3. The molecule has 0 bridgehead atoms. The van der Waals surface area contributed by atoms with Gasteiger partial charge < -0.3 is 9.47 Å². The number of halogens is 2. The number of hydrogen-bond donors (Lipinski definition) is 0. The standard InChI is InChI=1S/C26H22BrFN4O5/c1-3-4-24-30-21-10-7-18(27)13-20(21)26(33)31(24)29-14-17-11-22(32(34)35)25(23(12-17)36-2)37-15-16-5-8-19(28)9-6-16/h5-14H,3-4,15H2,1-2H3. The summed E-state index contributed by atoms with van der Waals surface area (Å²) in [6.45, 7) is 1.93. The minimum absolute atomic E-state index is 0.0288. The fourth-order valence-electron chi connectivity index (χ4n) is 3.67. The van der Waals surface area contributed by atoms with E-state index in [4.69, 9.17) is 9.47 Å². The van der Waals surface area contributed by atoms with Gasteiger partial charge in [-0.05, 0) is 48.4 Å². The first-order chi connectivity index (χ1) is 17.8. The summed E-state index contributed by atoms with van der Waals surface area (Å²) in [5, 5.41) is 16.6. The lowest BCUT2D eigenvalue weighted by Gasteiger charge is -2.12. The van der Waals surface area contributed by atoms with Crippen LogP contribution in [0.4, 0.5) is 10.1 Å². The Bertz CT molecular complexity index is 1550. The van der Waals surface area contributed by atoms with Crippen LogP contribution in [0, 0.1) is 15.9 Å². The number of aromatic nitrogens is 2. The molecule has 0 N–H and O–H groups in total. The number of nitro groups is 1. The second-order valence-corrected chi connectivity index (χ2v) is 8.96. The fraction of sp³-hybridized carbons (Fsp3) is 0.192. The van der Waals surface area contributed by atoms with E-state index in [1.54, 1.807) is 12.1 Å². The van der Waals surface area contributed by atoms with Crippen LogP contribution < -0.4 is 15.0 Å². The maximum atomic E-state index is 13.2. The zero-order valence-electron chi connectivity index (χ0n) is 20.0. The Morgan fingerprint density at radius 2 is 1.95 bits per heavy atom. The van der Waals surface area contributed by atoms with Gasteiger partial charge in [-0.15, -0.1) is 0 Å². The van der Waals surface area contributed by atoms with Crippen molar-refractivity contribution in [1.29, 1.82) is 0 Å². The quantitative estimate of drug-likeness (QED) is 0.147. The van der Waals surface area contributed by atoms with Crippen LogP contribution in [0.3, 0.4) is 0 Å². The third-order valence-electron chi connectivity index (χ3n) is 5.44. The van der Waals surface area contributed by atoms with Gasteiger partial charge in [0, 0.05) is 22.5 Å². The number of hydrogen-bond acceptors (Lipinski definition) is 7. The molecule has 0 saturated heterocycles. The SMILES string of the molecule is CCCc1nc2ccc(Br)cc2c(=O)n1N=Cc1cc(OC)c(OCc2ccc(F)cc2)c([N+](=O)[O-])c1. The summed E-state index contributed by atoms with van der Waals surface area (Å²) >= 11 is 3.37. The molecule has 0 saturated carbocycles. The van der Waals surface area contributed by atoms with Crippen LogP contribution in [0.1, 0.15) is 30.3 Å². The van der Waals surface area contributed by atoms with Crippen LogP contribution in [-0.4, -0.2) is 27.9 Å². The molecule has 0 unspecified atom stereocenters. The number of nitro benzene ring substituents is 1. The van der Waals surface area contributed by atoms with Crippen molar-refractivity contribution in [3.8, 4) is 11.5 Å². The molecule has 0 spiro atoms. The monoisotopic (exact) mass is 568 g/mol. The third-order valence-corrected chi connectivity index (χ3v) is 5.94. The van der Waals surface area contributed by atoms with Gasteiger partial charge in [0.05, 0.1) is 29.2 Å². The highest BCUT2D eigenvalue weighted by atomic mass is 79.9. The van der Waals surface area contributed by atoms with Gasteiger partial charge in [-0.25, -0.2) is 9.37 Å². The van der Waals surface area contributed by atoms with Crippen LogP contribution in [0.5, 0.6) is 11.5 Å². The molecule has 0 aliphatic rings. The molecule has 190 valence electrons. The summed E-state index contributed by atoms with van der Waals surface area (Å²) in [6, 6.07) is 13.6. The third kappa shape index (κ3) is 5.83. The lowest BCUT2D eigenvalue weighted by molar-refractivity contribution is -0.386. The van der Waals surface area contributed by atoms with Crippen molar-refractivity contribution in [2.24, 2.45) is 5.10 Å². The molecule has 0 radical (unpaired) electrons. The Labute approximate surface area is 219 Å². The first-order valence-corrected chi connectivity index (χ1v) is 12.1. The van der Waals surface area contributed by atoms with E-state index in [0.717, 1.165) is 10.9 Å². The smallest absolute Gasteiger partial charge is 0.315 e. The molecule has 1 aromatic heterocycles. The summed E-state index contributed by atoms with van der Waals surface area (Å²) in [7, 11) is 1.36. The molecule has 4 rings (SSSR count). The second kappa shape index (κ2) is 11.3. The number of ether oxygens (including phenoxy) is 2. The average Bonchev–Trinajstić information content (AvgIpc) is 2.88. The van der Waals surface area contributed by atoms with Gasteiger partial charge in [0.1, 0.15) is 18.2 Å². The van der Waals surface area contributed by atoms with E-state index in [0.29, 0.717) is 34.3 Å². The van der Waals surface area contributed by atoms with Crippen LogP contribution in [0.2, 0.25) is 0 Å². The van der Waals surface area contributed by atoms with Gasteiger partial charge in [0.25, 0.3) is 5.56 Å².